The normalized spacial score (nSPS) is 31.9. The zero-order valence-electron chi connectivity index (χ0n) is 11.6. The highest BCUT2D eigenvalue weighted by Crippen LogP contribution is 2.39. The second-order valence-electron chi connectivity index (χ2n) is 6.05. The van der Waals surface area contributed by atoms with Crippen LogP contribution in [0, 0.1) is 17.8 Å². The molecule has 0 aromatic heterocycles. The lowest BCUT2D eigenvalue weighted by atomic mass is 9.81. The van der Waals surface area contributed by atoms with Crippen LogP contribution in [0.4, 0.5) is 13.2 Å². The van der Waals surface area contributed by atoms with Crippen molar-refractivity contribution in [3.8, 4) is 0 Å². The second-order valence-corrected chi connectivity index (χ2v) is 6.05. The zero-order chi connectivity index (χ0) is 14.6. The highest BCUT2D eigenvalue weighted by molar-refractivity contribution is 5.78. The van der Waals surface area contributed by atoms with Crippen molar-refractivity contribution in [1.82, 2.24) is 10.6 Å². The molecule has 2 fully saturated rings. The fraction of sp³-hybridized carbons (Fsp3) is 0.929. The second kappa shape index (κ2) is 6.78. The van der Waals surface area contributed by atoms with Crippen LogP contribution in [0.3, 0.4) is 0 Å². The predicted molar refractivity (Wildman–Crippen MR) is 70.1 cm³/mol. The van der Waals surface area contributed by atoms with Gasteiger partial charge >= 0.3 is 6.18 Å². The number of halogens is 3. The molecule has 3 nitrogen and oxygen atoms in total. The Morgan fingerprint density at radius 2 is 1.85 bits per heavy atom. The minimum Gasteiger partial charge on any atom is -0.356 e. The molecule has 6 heteroatoms. The Morgan fingerprint density at radius 1 is 1.15 bits per heavy atom. The molecule has 0 spiro atoms. The lowest BCUT2D eigenvalue weighted by molar-refractivity contribution is -0.184. The number of carbonyl (C=O) groups is 1. The van der Waals surface area contributed by atoms with E-state index in [2.05, 4.69) is 10.6 Å². The molecule has 1 aliphatic carbocycles. The van der Waals surface area contributed by atoms with Crippen molar-refractivity contribution < 1.29 is 18.0 Å². The molecule has 1 saturated carbocycles. The molecule has 1 unspecified atom stereocenters. The molecule has 116 valence electrons. The maximum atomic E-state index is 12.6. The molecule has 20 heavy (non-hydrogen) atoms. The molecule has 2 aliphatic rings. The molecule has 1 amide bonds. The minimum atomic E-state index is -4.10. The van der Waals surface area contributed by atoms with Gasteiger partial charge in [-0.05, 0) is 57.5 Å². The average molecular weight is 292 g/mol. The molecule has 1 saturated heterocycles. The van der Waals surface area contributed by atoms with Crippen LogP contribution in [-0.2, 0) is 4.79 Å². The SMILES string of the molecule is O=C(NCC1CCCNC1)C1CCC(C(F)(F)F)CC1. The average Bonchev–Trinajstić information content (AvgIpc) is 2.45. The third-order valence-corrected chi connectivity index (χ3v) is 4.52. The van der Waals surface area contributed by atoms with Crippen molar-refractivity contribution in [3.63, 3.8) is 0 Å². The molecular weight excluding hydrogens is 269 g/mol. The summed E-state index contributed by atoms with van der Waals surface area (Å²) in [6, 6.07) is 0. The van der Waals surface area contributed by atoms with Gasteiger partial charge in [-0.25, -0.2) is 0 Å². The Kier molecular flexibility index (Phi) is 5.29. The summed E-state index contributed by atoms with van der Waals surface area (Å²) in [5, 5.41) is 6.20. The lowest BCUT2D eigenvalue weighted by Crippen LogP contribution is -2.41. The van der Waals surface area contributed by atoms with Gasteiger partial charge in [-0.1, -0.05) is 0 Å². The van der Waals surface area contributed by atoms with Crippen LogP contribution in [0.1, 0.15) is 38.5 Å². The smallest absolute Gasteiger partial charge is 0.356 e. The maximum absolute atomic E-state index is 12.6. The van der Waals surface area contributed by atoms with Gasteiger partial charge < -0.3 is 10.6 Å². The van der Waals surface area contributed by atoms with Gasteiger partial charge in [0.25, 0.3) is 0 Å². The lowest BCUT2D eigenvalue weighted by Gasteiger charge is -2.30. The largest absolute Gasteiger partial charge is 0.391 e. The number of piperidine rings is 1. The third kappa shape index (κ3) is 4.36. The predicted octanol–water partition coefficient (Wildman–Crippen LogP) is 2.47. The van der Waals surface area contributed by atoms with Crippen molar-refractivity contribution >= 4 is 5.91 Å². The van der Waals surface area contributed by atoms with Crippen LogP contribution in [0.25, 0.3) is 0 Å². The Balaban J connectivity index is 1.69. The highest BCUT2D eigenvalue weighted by atomic mass is 19.4. The number of nitrogens with one attached hydrogen (secondary N) is 2. The fourth-order valence-corrected chi connectivity index (χ4v) is 3.17. The number of alkyl halides is 3. The van der Waals surface area contributed by atoms with Crippen LogP contribution >= 0.6 is 0 Å². The maximum Gasteiger partial charge on any atom is 0.391 e. The molecular formula is C14H23F3N2O. The quantitative estimate of drug-likeness (QED) is 0.839. The van der Waals surface area contributed by atoms with Gasteiger partial charge in [0.1, 0.15) is 0 Å². The first-order valence-corrected chi connectivity index (χ1v) is 7.52. The number of hydrogen-bond donors (Lipinski definition) is 2. The van der Waals surface area contributed by atoms with Crippen molar-refractivity contribution in [2.24, 2.45) is 17.8 Å². The number of carbonyl (C=O) groups excluding carboxylic acids is 1. The summed E-state index contributed by atoms with van der Waals surface area (Å²) < 4.78 is 37.7. The van der Waals surface area contributed by atoms with Crippen LogP contribution in [0.2, 0.25) is 0 Å². The van der Waals surface area contributed by atoms with Crippen LogP contribution in [0.5, 0.6) is 0 Å². The van der Waals surface area contributed by atoms with E-state index < -0.39 is 12.1 Å². The molecule has 0 aromatic rings. The monoisotopic (exact) mass is 292 g/mol. The fourth-order valence-electron chi connectivity index (χ4n) is 3.17. The zero-order valence-corrected chi connectivity index (χ0v) is 11.6. The molecule has 1 heterocycles. The van der Waals surface area contributed by atoms with E-state index in [4.69, 9.17) is 0 Å². The van der Waals surface area contributed by atoms with Crippen LogP contribution < -0.4 is 10.6 Å². The Hall–Kier alpha value is -0.780. The van der Waals surface area contributed by atoms with E-state index in [9.17, 15) is 18.0 Å². The van der Waals surface area contributed by atoms with E-state index in [1.807, 2.05) is 0 Å². The first kappa shape index (κ1) is 15.6. The Labute approximate surface area is 117 Å². The Bertz CT molecular complexity index is 319. The number of hydrogen-bond acceptors (Lipinski definition) is 2. The van der Waals surface area contributed by atoms with E-state index in [-0.39, 0.29) is 24.7 Å². The van der Waals surface area contributed by atoms with E-state index >= 15 is 0 Å². The van der Waals surface area contributed by atoms with E-state index in [1.54, 1.807) is 0 Å². The molecule has 1 aliphatic heterocycles. The summed E-state index contributed by atoms with van der Waals surface area (Å²) >= 11 is 0. The van der Waals surface area contributed by atoms with Crippen LogP contribution in [0.15, 0.2) is 0 Å². The minimum absolute atomic E-state index is 0.0591. The van der Waals surface area contributed by atoms with E-state index in [1.165, 1.54) is 0 Å². The van der Waals surface area contributed by atoms with Gasteiger partial charge in [-0.15, -0.1) is 0 Å². The Morgan fingerprint density at radius 3 is 2.40 bits per heavy atom. The topological polar surface area (TPSA) is 41.1 Å². The number of amides is 1. The van der Waals surface area contributed by atoms with Crippen molar-refractivity contribution in [2.45, 2.75) is 44.7 Å². The van der Waals surface area contributed by atoms with Gasteiger partial charge in [0.05, 0.1) is 5.92 Å². The van der Waals surface area contributed by atoms with Crippen molar-refractivity contribution in [2.75, 3.05) is 19.6 Å². The summed E-state index contributed by atoms with van der Waals surface area (Å²) in [6.07, 6.45) is -0.975. The van der Waals surface area contributed by atoms with E-state index in [0.29, 0.717) is 25.3 Å². The summed E-state index contributed by atoms with van der Waals surface area (Å²) in [5.41, 5.74) is 0. The summed E-state index contributed by atoms with van der Waals surface area (Å²) in [4.78, 5) is 12.0. The standard InChI is InChI=1S/C14H23F3N2O/c15-14(16,17)12-5-3-11(4-6-12)13(20)19-9-10-2-1-7-18-8-10/h10-12,18H,1-9H2,(H,19,20). The van der Waals surface area contributed by atoms with Crippen LogP contribution in [-0.4, -0.2) is 31.7 Å². The summed E-state index contributed by atoms with van der Waals surface area (Å²) in [5.74, 6) is -1.05. The molecule has 1 atom stereocenters. The van der Waals surface area contributed by atoms with Gasteiger partial charge in [-0.2, -0.15) is 13.2 Å². The van der Waals surface area contributed by atoms with Gasteiger partial charge in [-0.3, -0.25) is 4.79 Å². The first-order valence-electron chi connectivity index (χ1n) is 7.52. The van der Waals surface area contributed by atoms with Gasteiger partial charge in [0.15, 0.2) is 0 Å². The van der Waals surface area contributed by atoms with E-state index in [0.717, 1.165) is 25.9 Å². The summed E-state index contributed by atoms with van der Waals surface area (Å²) in [6.45, 7) is 2.60. The van der Waals surface area contributed by atoms with Gasteiger partial charge in [0, 0.05) is 12.5 Å². The molecule has 2 N–H and O–H groups in total. The third-order valence-electron chi connectivity index (χ3n) is 4.52. The number of rotatable bonds is 3. The van der Waals surface area contributed by atoms with Crippen molar-refractivity contribution in [3.05, 3.63) is 0 Å². The molecule has 0 aromatic carbocycles. The van der Waals surface area contributed by atoms with Gasteiger partial charge in [0.2, 0.25) is 5.91 Å². The molecule has 2 rings (SSSR count). The summed E-state index contributed by atoms with van der Waals surface area (Å²) in [7, 11) is 0. The molecule has 0 radical (unpaired) electrons. The first-order chi connectivity index (χ1) is 9.47. The molecule has 0 bridgehead atoms. The van der Waals surface area contributed by atoms with Crippen molar-refractivity contribution in [1.29, 1.82) is 0 Å². The highest BCUT2D eigenvalue weighted by Gasteiger charge is 2.42.